The van der Waals surface area contributed by atoms with Crippen LogP contribution in [0.15, 0.2) is 29.3 Å². The number of hydrogen-bond donors (Lipinski definition) is 1. The van der Waals surface area contributed by atoms with Crippen LogP contribution in [0.4, 0.5) is 9.18 Å². The lowest BCUT2D eigenvalue weighted by molar-refractivity contribution is -0.117. The number of amides is 2. The number of fused-ring (bicyclic) bond motifs is 1. The third-order valence-electron chi connectivity index (χ3n) is 4.44. The van der Waals surface area contributed by atoms with Gasteiger partial charge in [-0.2, -0.15) is 4.99 Å². The maximum absolute atomic E-state index is 13.2. The molecule has 2 fully saturated rings. The fraction of sp³-hybridized carbons (Fsp3) is 0.526. The Bertz CT molecular complexity index is 957. The van der Waals surface area contributed by atoms with Gasteiger partial charge in [0.2, 0.25) is 0 Å². The van der Waals surface area contributed by atoms with E-state index in [-0.39, 0.29) is 35.2 Å². The summed E-state index contributed by atoms with van der Waals surface area (Å²) >= 11 is 1.24. The Labute approximate surface area is 179 Å². The van der Waals surface area contributed by atoms with E-state index < -0.39 is 27.4 Å². The molecule has 2 heterocycles. The largest absolute Gasteiger partial charge is 0.444 e. The third-order valence-corrected chi connectivity index (χ3v) is 7.69. The zero-order valence-electron chi connectivity index (χ0n) is 16.9. The zero-order valence-corrected chi connectivity index (χ0v) is 18.6. The molecule has 0 bridgehead atoms. The molecule has 0 spiro atoms. The van der Waals surface area contributed by atoms with E-state index in [4.69, 9.17) is 4.74 Å². The van der Waals surface area contributed by atoms with Crippen LogP contribution in [0.2, 0.25) is 0 Å². The quantitative estimate of drug-likeness (QED) is 0.737. The number of carbonyl (C=O) groups is 2. The summed E-state index contributed by atoms with van der Waals surface area (Å²) < 4.78 is 42.4. The van der Waals surface area contributed by atoms with E-state index in [1.807, 2.05) is 0 Å². The molecule has 0 saturated carbocycles. The molecule has 0 aliphatic carbocycles. The Balaban J connectivity index is 1.72. The maximum Gasteiger partial charge on any atom is 0.408 e. The first kappa shape index (κ1) is 22.5. The molecule has 2 atom stereocenters. The number of nitrogens with zero attached hydrogens (tertiary/aromatic N) is 2. The Kier molecular flexibility index (Phi) is 6.42. The van der Waals surface area contributed by atoms with Crippen molar-refractivity contribution in [2.45, 2.75) is 44.2 Å². The summed E-state index contributed by atoms with van der Waals surface area (Å²) in [6.07, 6.45) is -0.721. The van der Waals surface area contributed by atoms with Gasteiger partial charge in [0.15, 0.2) is 15.0 Å². The van der Waals surface area contributed by atoms with E-state index >= 15 is 0 Å². The molecular formula is C19H24FN3O5S2. The van der Waals surface area contributed by atoms with E-state index in [2.05, 4.69) is 10.3 Å². The summed E-state index contributed by atoms with van der Waals surface area (Å²) in [7, 11) is -3.16. The second-order valence-corrected chi connectivity index (χ2v) is 11.6. The highest BCUT2D eigenvalue weighted by Gasteiger charge is 2.48. The normalized spacial score (nSPS) is 24.0. The zero-order chi connectivity index (χ0) is 22.1. The molecule has 2 amide bonds. The molecule has 2 saturated heterocycles. The summed E-state index contributed by atoms with van der Waals surface area (Å²) in [5.74, 6) is -0.940. The predicted octanol–water partition coefficient (Wildman–Crippen LogP) is 1.95. The minimum Gasteiger partial charge on any atom is -0.444 e. The Morgan fingerprint density at radius 3 is 2.57 bits per heavy atom. The van der Waals surface area contributed by atoms with Gasteiger partial charge in [-0.15, -0.1) is 0 Å². The van der Waals surface area contributed by atoms with Crippen molar-refractivity contribution in [2.75, 3.05) is 18.1 Å². The molecule has 1 N–H and O–H groups in total. The van der Waals surface area contributed by atoms with Gasteiger partial charge < -0.3 is 15.0 Å². The number of nitrogens with one attached hydrogen (secondary N) is 1. The molecule has 8 nitrogen and oxygen atoms in total. The Hall–Kier alpha value is -2.14. The lowest BCUT2D eigenvalue weighted by Crippen LogP contribution is -2.38. The summed E-state index contributed by atoms with van der Waals surface area (Å²) in [5, 5.41) is 2.55. The fourth-order valence-electron chi connectivity index (χ4n) is 3.22. The molecule has 164 valence electrons. The fourth-order valence-corrected chi connectivity index (χ4v) is 7.18. The molecule has 3 rings (SSSR count). The van der Waals surface area contributed by atoms with Crippen LogP contribution in [0, 0.1) is 5.82 Å². The highest BCUT2D eigenvalue weighted by molar-refractivity contribution is 8.15. The molecule has 11 heteroatoms. The molecule has 0 aromatic heterocycles. The van der Waals surface area contributed by atoms with Crippen LogP contribution in [0.1, 0.15) is 26.3 Å². The molecule has 30 heavy (non-hydrogen) atoms. The number of benzene rings is 1. The number of halogens is 1. The first-order valence-corrected chi connectivity index (χ1v) is 12.1. The van der Waals surface area contributed by atoms with Crippen LogP contribution < -0.4 is 5.32 Å². The number of alkyl carbamates (subject to hydrolysis) is 1. The van der Waals surface area contributed by atoms with E-state index in [1.165, 1.54) is 23.9 Å². The third kappa shape index (κ3) is 5.94. The molecular weight excluding hydrogens is 433 g/mol. The minimum atomic E-state index is -3.16. The SMILES string of the molecule is CC(C)(C)OC(=O)NCC(=O)N=C1S[C@H]2CS(=O)(=O)C[C@@H]2N1Cc1ccc(F)cc1. The van der Waals surface area contributed by atoms with Crippen LogP contribution >= 0.6 is 11.8 Å². The van der Waals surface area contributed by atoms with Crippen molar-refractivity contribution in [3.63, 3.8) is 0 Å². The van der Waals surface area contributed by atoms with Crippen LogP contribution in [0.3, 0.4) is 0 Å². The number of ether oxygens (including phenoxy) is 1. The number of aliphatic imine (C=N–C) groups is 1. The highest BCUT2D eigenvalue weighted by atomic mass is 32.2. The van der Waals surface area contributed by atoms with Crippen molar-refractivity contribution in [1.82, 2.24) is 10.2 Å². The highest BCUT2D eigenvalue weighted by Crippen LogP contribution is 2.39. The second kappa shape index (κ2) is 8.54. The molecule has 1 aromatic rings. The standard InChI is InChI=1S/C19H24FN3O5S2/c1-19(2,3)28-18(25)21-8-16(24)22-17-23(9-12-4-6-13(20)7-5-12)14-10-30(26,27)11-15(14)29-17/h4-7,14-15H,8-11H2,1-3H3,(H,21,25)/t14-,15-/m0/s1. The van der Waals surface area contributed by atoms with Crippen molar-refractivity contribution >= 4 is 38.8 Å². The topological polar surface area (TPSA) is 105 Å². The monoisotopic (exact) mass is 457 g/mol. The van der Waals surface area contributed by atoms with Crippen LogP contribution in [-0.4, -0.2) is 65.4 Å². The second-order valence-electron chi connectivity index (χ2n) is 8.20. The van der Waals surface area contributed by atoms with Gasteiger partial charge in [-0.25, -0.2) is 17.6 Å². The van der Waals surface area contributed by atoms with Crippen LogP contribution in [0.5, 0.6) is 0 Å². The number of hydrogen-bond acceptors (Lipinski definition) is 6. The van der Waals surface area contributed by atoms with Crippen molar-refractivity contribution in [3.8, 4) is 0 Å². The van der Waals surface area contributed by atoms with Crippen molar-refractivity contribution in [2.24, 2.45) is 4.99 Å². The van der Waals surface area contributed by atoms with E-state index in [0.29, 0.717) is 11.7 Å². The van der Waals surface area contributed by atoms with Crippen molar-refractivity contribution in [3.05, 3.63) is 35.6 Å². The summed E-state index contributed by atoms with van der Waals surface area (Å²) in [5.41, 5.74) is 0.0869. The first-order chi connectivity index (χ1) is 13.9. The molecule has 0 radical (unpaired) electrons. The van der Waals surface area contributed by atoms with E-state index in [9.17, 15) is 22.4 Å². The van der Waals surface area contributed by atoms with Gasteiger partial charge in [0.1, 0.15) is 18.0 Å². The van der Waals surface area contributed by atoms with Gasteiger partial charge in [0.05, 0.1) is 17.5 Å². The predicted molar refractivity (Wildman–Crippen MR) is 112 cm³/mol. The Morgan fingerprint density at radius 2 is 1.93 bits per heavy atom. The van der Waals surface area contributed by atoms with E-state index in [1.54, 1.807) is 37.8 Å². The van der Waals surface area contributed by atoms with Crippen molar-refractivity contribution in [1.29, 1.82) is 0 Å². The molecule has 2 aliphatic heterocycles. The minimum absolute atomic E-state index is 0.0186. The summed E-state index contributed by atoms with van der Waals surface area (Å²) in [4.78, 5) is 29.9. The van der Waals surface area contributed by atoms with Gasteiger partial charge in [-0.05, 0) is 38.5 Å². The smallest absolute Gasteiger partial charge is 0.408 e. The van der Waals surface area contributed by atoms with Crippen molar-refractivity contribution < 1.29 is 27.1 Å². The molecule has 2 aliphatic rings. The Morgan fingerprint density at radius 1 is 1.27 bits per heavy atom. The average molecular weight is 458 g/mol. The number of carbonyl (C=O) groups excluding carboxylic acids is 2. The van der Waals surface area contributed by atoms with Gasteiger partial charge in [0.25, 0.3) is 5.91 Å². The van der Waals surface area contributed by atoms with Gasteiger partial charge in [0, 0.05) is 11.8 Å². The number of amidine groups is 1. The van der Waals surface area contributed by atoms with E-state index in [0.717, 1.165) is 5.56 Å². The van der Waals surface area contributed by atoms with Crippen LogP contribution in [-0.2, 0) is 25.9 Å². The number of sulfone groups is 1. The number of rotatable bonds is 4. The lowest BCUT2D eigenvalue weighted by atomic mass is 10.1. The van der Waals surface area contributed by atoms with Crippen LogP contribution in [0.25, 0.3) is 0 Å². The maximum atomic E-state index is 13.2. The average Bonchev–Trinajstić information content (AvgIpc) is 3.06. The summed E-state index contributed by atoms with van der Waals surface area (Å²) in [6.45, 7) is 5.10. The number of thioether (sulfide) groups is 1. The summed E-state index contributed by atoms with van der Waals surface area (Å²) in [6, 6.07) is 5.57. The molecule has 0 unspecified atom stereocenters. The first-order valence-electron chi connectivity index (χ1n) is 9.38. The van der Waals surface area contributed by atoms with Gasteiger partial charge in [-0.3, -0.25) is 4.79 Å². The molecule has 1 aromatic carbocycles. The lowest BCUT2D eigenvalue weighted by Gasteiger charge is -2.24. The van der Waals surface area contributed by atoms with Gasteiger partial charge in [-0.1, -0.05) is 23.9 Å². The van der Waals surface area contributed by atoms with Gasteiger partial charge >= 0.3 is 6.09 Å².